The van der Waals surface area contributed by atoms with Crippen LogP contribution < -0.4 is 14.4 Å². The fraction of sp³-hybridized carbons (Fsp3) is 0.545. The maximum Gasteiger partial charge on any atom is 0.410 e. The van der Waals surface area contributed by atoms with Gasteiger partial charge in [-0.15, -0.1) is 0 Å². The van der Waals surface area contributed by atoms with Crippen molar-refractivity contribution in [3.05, 3.63) is 52.0 Å². The lowest BCUT2D eigenvalue weighted by Gasteiger charge is -2.36. The molecule has 4 heterocycles. The van der Waals surface area contributed by atoms with Gasteiger partial charge in [-0.2, -0.15) is 9.97 Å². The number of hydrogen-bond donors (Lipinski definition) is 0. The van der Waals surface area contributed by atoms with Crippen LogP contribution in [0.5, 0.6) is 11.8 Å². The second kappa shape index (κ2) is 12.5. The predicted octanol–water partition coefficient (Wildman–Crippen LogP) is 6.68. The Morgan fingerprint density at radius 1 is 1.09 bits per heavy atom. The van der Waals surface area contributed by atoms with E-state index < -0.39 is 5.60 Å². The number of rotatable bonds is 9. The van der Waals surface area contributed by atoms with Gasteiger partial charge in [-0.05, 0) is 66.2 Å². The largest absolute Gasteiger partial charge is 0.485 e. The lowest BCUT2D eigenvalue weighted by molar-refractivity contribution is 0.00819. The second-order valence-electron chi connectivity index (χ2n) is 12.3. The van der Waals surface area contributed by atoms with E-state index in [1.165, 1.54) is 0 Å². The van der Waals surface area contributed by atoms with Gasteiger partial charge in [-0.3, -0.25) is 0 Å². The van der Waals surface area contributed by atoms with Crippen LogP contribution in [-0.2, 0) is 22.5 Å². The minimum Gasteiger partial charge on any atom is -0.485 e. The Labute approximate surface area is 262 Å². The van der Waals surface area contributed by atoms with Crippen LogP contribution in [0.3, 0.4) is 0 Å². The number of fused-ring (bicyclic) bond motifs is 3. The van der Waals surface area contributed by atoms with Crippen molar-refractivity contribution < 1.29 is 23.7 Å². The number of anilines is 1. The zero-order valence-corrected chi connectivity index (χ0v) is 27.1. The number of likely N-dealkylation sites (tertiary alicyclic amines) is 1. The Hall–Kier alpha value is -3.11. The summed E-state index contributed by atoms with van der Waals surface area (Å²) in [6, 6.07) is 12.8. The standard InChI is InChI=1S/C33H41BrN4O5/c1-5-22-16-26-28(29(27(22)34)41-20-21-10-8-7-9-11-21)35-31(42-25-12-14-40-15-13-25)36-30(26)37-18-24-17-23(37)19-38(24)32(39)43-33(3,4)6-2/h7-11,16,23-25H,5-6,12-15,17-20H2,1-4H3. The maximum absolute atomic E-state index is 13.1. The Morgan fingerprint density at radius 2 is 1.86 bits per heavy atom. The first-order valence-electron chi connectivity index (χ1n) is 15.5. The highest BCUT2D eigenvalue weighted by Gasteiger charge is 2.48. The molecule has 3 aliphatic rings. The average Bonchev–Trinajstić information content (AvgIpc) is 3.63. The van der Waals surface area contributed by atoms with E-state index in [0.717, 1.165) is 64.4 Å². The Bertz CT molecular complexity index is 1460. The van der Waals surface area contributed by atoms with Crippen LogP contribution in [0.25, 0.3) is 10.9 Å². The van der Waals surface area contributed by atoms with E-state index in [1.807, 2.05) is 43.9 Å². The molecule has 10 heteroatoms. The number of hydrogen-bond acceptors (Lipinski definition) is 8. The molecule has 0 N–H and O–H groups in total. The van der Waals surface area contributed by atoms with E-state index in [2.05, 4.69) is 46.0 Å². The lowest BCUT2D eigenvalue weighted by atomic mass is 10.1. The fourth-order valence-corrected chi connectivity index (χ4v) is 6.78. The number of piperazine rings is 1. The molecule has 43 heavy (non-hydrogen) atoms. The molecule has 1 amide bonds. The number of nitrogens with zero attached hydrogens (tertiary/aromatic N) is 4. The maximum atomic E-state index is 13.1. The molecule has 2 unspecified atom stereocenters. The predicted molar refractivity (Wildman–Crippen MR) is 169 cm³/mol. The summed E-state index contributed by atoms with van der Waals surface area (Å²) in [6.45, 7) is 11.1. The van der Waals surface area contributed by atoms with E-state index in [9.17, 15) is 4.79 Å². The van der Waals surface area contributed by atoms with E-state index in [0.29, 0.717) is 44.7 Å². The Kier molecular flexibility index (Phi) is 8.69. The van der Waals surface area contributed by atoms with Crippen LogP contribution in [0, 0.1) is 0 Å². The monoisotopic (exact) mass is 652 g/mol. The molecule has 3 aliphatic heterocycles. The summed E-state index contributed by atoms with van der Waals surface area (Å²) >= 11 is 3.84. The van der Waals surface area contributed by atoms with Crippen molar-refractivity contribution in [1.29, 1.82) is 0 Å². The van der Waals surface area contributed by atoms with Crippen molar-refractivity contribution in [3.63, 3.8) is 0 Å². The molecule has 0 saturated carbocycles. The van der Waals surface area contributed by atoms with Crippen molar-refractivity contribution in [1.82, 2.24) is 14.9 Å². The molecule has 1 aromatic heterocycles. The summed E-state index contributed by atoms with van der Waals surface area (Å²) in [6.07, 6.45) is 3.81. The van der Waals surface area contributed by atoms with Gasteiger partial charge in [0.2, 0.25) is 0 Å². The smallest absolute Gasteiger partial charge is 0.410 e. The van der Waals surface area contributed by atoms with Gasteiger partial charge in [0.25, 0.3) is 0 Å². The van der Waals surface area contributed by atoms with Gasteiger partial charge in [0.05, 0.1) is 29.8 Å². The molecule has 0 aliphatic carbocycles. The zero-order valence-electron chi connectivity index (χ0n) is 25.5. The van der Waals surface area contributed by atoms with Crippen molar-refractivity contribution in [2.75, 3.05) is 31.2 Å². The number of aromatic nitrogens is 2. The molecule has 0 spiro atoms. The number of aryl methyl sites for hydroxylation is 1. The van der Waals surface area contributed by atoms with E-state index >= 15 is 0 Å². The van der Waals surface area contributed by atoms with Gasteiger partial charge >= 0.3 is 12.1 Å². The van der Waals surface area contributed by atoms with Gasteiger partial charge in [0, 0.05) is 31.3 Å². The number of ether oxygens (including phenoxy) is 4. The molecule has 3 saturated heterocycles. The highest BCUT2D eigenvalue weighted by atomic mass is 79.9. The molecular formula is C33H41BrN4O5. The third kappa shape index (κ3) is 6.27. The van der Waals surface area contributed by atoms with Crippen LogP contribution in [-0.4, -0.2) is 71.1 Å². The van der Waals surface area contributed by atoms with Gasteiger partial charge < -0.3 is 28.7 Å². The van der Waals surface area contributed by atoms with Crippen molar-refractivity contribution >= 4 is 38.7 Å². The van der Waals surface area contributed by atoms with Crippen LogP contribution in [0.1, 0.15) is 64.5 Å². The summed E-state index contributed by atoms with van der Waals surface area (Å²) in [7, 11) is 0. The first-order valence-corrected chi connectivity index (χ1v) is 16.3. The average molecular weight is 654 g/mol. The van der Waals surface area contributed by atoms with Gasteiger partial charge in [0.1, 0.15) is 29.6 Å². The van der Waals surface area contributed by atoms with Crippen molar-refractivity contribution in [2.24, 2.45) is 0 Å². The SMILES string of the molecule is CCc1cc2c(N3CC4CC3CN4C(=O)OC(C)(C)CC)nc(OC3CCOCC3)nc2c(OCc2ccccc2)c1Br. The summed E-state index contributed by atoms with van der Waals surface area (Å²) in [5.41, 5.74) is 2.43. The number of halogens is 1. The number of carbonyl (C=O) groups is 1. The molecular weight excluding hydrogens is 612 g/mol. The minimum atomic E-state index is -0.488. The van der Waals surface area contributed by atoms with Crippen LogP contribution >= 0.6 is 15.9 Å². The first-order chi connectivity index (χ1) is 20.8. The molecule has 6 rings (SSSR count). The third-order valence-electron chi connectivity index (χ3n) is 8.93. The summed E-state index contributed by atoms with van der Waals surface area (Å²) in [5.74, 6) is 1.52. The molecule has 2 atom stereocenters. The van der Waals surface area contributed by atoms with Gasteiger partial charge in [-0.25, -0.2) is 4.79 Å². The molecule has 3 aromatic rings. The molecule has 2 bridgehead atoms. The minimum absolute atomic E-state index is 0.00620. The highest BCUT2D eigenvalue weighted by molar-refractivity contribution is 9.10. The van der Waals surface area contributed by atoms with Crippen molar-refractivity contribution in [3.8, 4) is 11.8 Å². The van der Waals surface area contributed by atoms with Gasteiger partial charge in [0.15, 0.2) is 5.75 Å². The summed E-state index contributed by atoms with van der Waals surface area (Å²) in [4.78, 5) is 27.3. The van der Waals surface area contributed by atoms with E-state index in [4.69, 9.17) is 28.9 Å². The van der Waals surface area contributed by atoms with Crippen molar-refractivity contribution in [2.45, 2.75) is 90.2 Å². The van der Waals surface area contributed by atoms with Gasteiger partial charge in [-0.1, -0.05) is 44.2 Å². The lowest BCUT2D eigenvalue weighted by Crippen LogP contribution is -2.50. The highest BCUT2D eigenvalue weighted by Crippen LogP contribution is 2.44. The summed E-state index contributed by atoms with van der Waals surface area (Å²) < 4.78 is 25.2. The Morgan fingerprint density at radius 3 is 2.53 bits per heavy atom. The Balaban J connectivity index is 1.37. The van der Waals surface area contributed by atoms with E-state index in [-0.39, 0.29) is 24.3 Å². The molecule has 9 nitrogen and oxygen atoms in total. The van der Waals surface area contributed by atoms with Crippen LogP contribution in [0.4, 0.5) is 10.6 Å². The van der Waals surface area contributed by atoms with Crippen LogP contribution in [0.15, 0.2) is 40.9 Å². The zero-order chi connectivity index (χ0) is 30.1. The second-order valence-corrected chi connectivity index (χ2v) is 13.1. The number of carbonyl (C=O) groups excluding carboxylic acids is 1. The molecule has 3 fully saturated rings. The third-order valence-corrected chi connectivity index (χ3v) is 9.80. The number of benzene rings is 2. The number of amides is 1. The van der Waals surface area contributed by atoms with E-state index in [1.54, 1.807) is 0 Å². The first kappa shape index (κ1) is 29.9. The summed E-state index contributed by atoms with van der Waals surface area (Å²) in [5, 5.41) is 0.927. The topological polar surface area (TPSA) is 86.3 Å². The van der Waals surface area contributed by atoms with Crippen LogP contribution in [0.2, 0.25) is 0 Å². The fourth-order valence-electron chi connectivity index (χ4n) is 6.08. The quantitative estimate of drug-likeness (QED) is 0.253. The normalized spacial score (nSPS) is 20.6. The molecule has 2 aromatic carbocycles. The molecule has 0 radical (unpaired) electrons. The molecule has 230 valence electrons.